The van der Waals surface area contributed by atoms with E-state index in [4.69, 9.17) is 4.74 Å². The number of methoxy groups -OCH3 is 1. The molecule has 0 saturated carbocycles. The quantitative estimate of drug-likeness (QED) is 0.177. The molecule has 0 unspecified atom stereocenters. The van der Waals surface area contributed by atoms with Gasteiger partial charge in [-0.25, -0.2) is 9.97 Å². The summed E-state index contributed by atoms with van der Waals surface area (Å²) in [5.74, 6) is 1.10. The Labute approximate surface area is 287 Å². The van der Waals surface area contributed by atoms with Gasteiger partial charge in [-0.05, 0) is 82.5 Å². The first kappa shape index (κ1) is 35.3. The number of ether oxygens (including phenoxy) is 1. The number of aryl methyl sites for hydroxylation is 1. The summed E-state index contributed by atoms with van der Waals surface area (Å²) in [6.45, 7) is 7.11. The van der Waals surface area contributed by atoms with Crippen molar-refractivity contribution in [3.05, 3.63) is 112 Å². The number of fused-ring (bicyclic) bond motifs is 1. The number of halogens is 6. The van der Waals surface area contributed by atoms with E-state index in [-0.39, 0.29) is 36.6 Å². The minimum absolute atomic E-state index is 0.117. The summed E-state index contributed by atoms with van der Waals surface area (Å²) in [5, 5.41) is 3.30. The lowest BCUT2D eigenvalue weighted by molar-refractivity contribution is -0.143. The van der Waals surface area contributed by atoms with Crippen molar-refractivity contribution >= 4 is 22.8 Å². The van der Waals surface area contributed by atoms with E-state index >= 15 is 0 Å². The van der Waals surface area contributed by atoms with Crippen molar-refractivity contribution in [1.82, 2.24) is 15.3 Å². The second-order valence-corrected chi connectivity index (χ2v) is 13.0. The topological polar surface area (TPSA) is 53.5 Å². The Hall–Kier alpha value is -4.58. The Balaban J connectivity index is 1.50. The highest BCUT2D eigenvalue weighted by Gasteiger charge is 2.37. The molecule has 1 aromatic heterocycles. The molecule has 50 heavy (non-hydrogen) atoms. The number of hydrogen-bond donors (Lipinski definition) is 1. The van der Waals surface area contributed by atoms with Gasteiger partial charge in [0.05, 0.1) is 36.3 Å². The van der Waals surface area contributed by atoms with Gasteiger partial charge >= 0.3 is 12.4 Å². The lowest BCUT2D eigenvalue weighted by Crippen LogP contribution is -2.43. The summed E-state index contributed by atoms with van der Waals surface area (Å²) >= 11 is 0. The maximum Gasteiger partial charge on any atom is 0.416 e. The number of nitrogens with one attached hydrogen (secondary N) is 1. The molecule has 0 atom stereocenters. The number of alkyl halides is 6. The zero-order valence-electron chi connectivity index (χ0n) is 28.1. The molecule has 4 aromatic rings. The third kappa shape index (κ3) is 7.75. The fourth-order valence-electron chi connectivity index (χ4n) is 6.69. The summed E-state index contributed by atoms with van der Waals surface area (Å²) in [4.78, 5) is 13.1. The number of rotatable bonds is 9. The molecule has 6 rings (SSSR count). The summed E-state index contributed by atoms with van der Waals surface area (Å²) in [7, 11) is 1.61. The second kappa shape index (κ2) is 14.3. The van der Waals surface area contributed by atoms with Crippen molar-refractivity contribution in [3.63, 3.8) is 0 Å². The second-order valence-electron chi connectivity index (χ2n) is 13.0. The van der Waals surface area contributed by atoms with Gasteiger partial charge in [0.2, 0.25) is 5.95 Å². The molecule has 2 aliphatic rings. The van der Waals surface area contributed by atoms with Crippen LogP contribution in [-0.2, 0) is 25.3 Å². The number of aromatic nitrogens is 2. The van der Waals surface area contributed by atoms with E-state index in [1.54, 1.807) is 24.4 Å². The van der Waals surface area contributed by atoms with Crippen LogP contribution in [0.5, 0.6) is 5.75 Å². The predicted octanol–water partition coefficient (Wildman–Crippen LogP) is 8.62. The third-order valence-electron chi connectivity index (χ3n) is 9.33. The molecule has 1 aliphatic heterocycles. The number of anilines is 2. The maximum absolute atomic E-state index is 13.9. The molecule has 3 aromatic carbocycles. The monoisotopic (exact) mass is 695 g/mol. The molecule has 12 heteroatoms. The standard InChI is InChI=1S/C38H39F6N5O/c1-24(2)27-9-11-35(50-3)33(18-27)32-10-8-26-6-4-5-7-31(26)34(32)23-49(36-46-20-30(21-47-36)48-14-12-45-13-15-48)22-25-16-28(37(39,40)41)19-29(17-25)38(42,43)44/h4-7,9,11,16-21,24,45H,8,10,12-15,22-23H2,1-3H3. The van der Waals surface area contributed by atoms with Crippen LogP contribution in [0.1, 0.15) is 65.1 Å². The summed E-state index contributed by atoms with van der Waals surface area (Å²) < 4.78 is 89.3. The van der Waals surface area contributed by atoms with E-state index in [9.17, 15) is 26.3 Å². The van der Waals surface area contributed by atoms with Gasteiger partial charge in [0.25, 0.3) is 0 Å². The molecule has 0 radical (unpaired) electrons. The largest absolute Gasteiger partial charge is 0.496 e. The smallest absolute Gasteiger partial charge is 0.416 e. The Bertz CT molecular complexity index is 1810. The highest BCUT2D eigenvalue weighted by Crippen LogP contribution is 2.42. The van der Waals surface area contributed by atoms with Gasteiger partial charge < -0.3 is 19.9 Å². The molecule has 264 valence electrons. The fraction of sp³-hybridized carbons (Fsp3) is 0.368. The molecule has 0 spiro atoms. The SMILES string of the molecule is COc1ccc(C(C)C)cc1C1=C(CN(Cc2cc(C(F)(F)F)cc(C(F)(F)F)c2)c2ncc(N3CCNCC3)cn2)c2ccccc2CC1. The Morgan fingerprint density at radius 1 is 0.820 bits per heavy atom. The first-order valence-electron chi connectivity index (χ1n) is 16.6. The summed E-state index contributed by atoms with van der Waals surface area (Å²) in [6, 6.07) is 15.7. The van der Waals surface area contributed by atoms with E-state index in [1.165, 1.54) is 0 Å². The number of hydrogen-bond acceptors (Lipinski definition) is 6. The van der Waals surface area contributed by atoms with Gasteiger partial charge in [0, 0.05) is 44.8 Å². The van der Waals surface area contributed by atoms with Crippen molar-refractivity contribution < 1.29 is 31.1 Å². The molecular formula is C38H39F6N5O. The zero-order valence-corrected chi connectivity index (χ0v) is 28.1. The molecule has 0 amide bonds. The number of benzene rings is 3. The van der Waals surface area contributed by atoms with Gasteiger partial charge in [-0.3, -0.25) is 0 Å². The minimum atomic E-state index is -4.97. The molecular weight excluding hydrogens is 656 g/mol. The van der Waals surface area contributed by atoms with E-state index in [0.29, 0.717) is 12.2 Å². The van der Waals surface area contributed by atoms with Crippen molar-refractivity contribution in [2.45, 2.75) is 51.5 Å². The molecule has 2 heterocycles. The van der Waals surface area contributed by atoms with Crippen LogP contribution in [0, 0.1) is 0 Å². The van der Waals surface area contributed by atoms with Crippen LogP contribution < -0.4 is 19.9 Å². The minimum Gasteiger partial charge on any atom is -0.496 e. The average molecular weight is 696 g/mol. The number of nitrogens with zero attached hydrogens (tertiary/aromatic N) is 4. The third-order valence-corrected chi connectivity index (χ3v) is 9.33. The van der Waals surface area contributed by atoms with Crippen molar-refractivity contribution in [2.75, 3.05) is 49.6 Å². The van der Waals surface area contributed by atoms with Gasteiger partial charge in [-0.2, -0.15) is 26.3 Å². The van der Waals surface area contributed by atoms with Gasteiger partial charge in [0.1, 0.15) is 5.75 Å². The van der Waals surface area contributed by atoms with Crippen LogP contribution in [-0.4, -0.2) is 49.8 Å². The number of allylic oxidation sites excluding steroid dienone is 1. The van der Waals surface area contributed by atoms with E-state index in [0.717, 1.165) is 83.8 Å². The van der Waals surface area contributed by atoms with Gasteiger partial charge in [-0.15, -0.1) is 0 Å². The van der Waals surface area contributed by atoms with Crippen molar-refractivity contribution in [3.8, 4) is 5.75 Å². The predicted molar refractivity (Wildman–Crippen MR) is 183 cm³/mol. The first-order chi connectivity index (χ1) is 23.8. The lowest BCUT2D eigenvalue weighted by Gasteiger charge is -2.31. The van der Waals surface area contributed by atoms with Crippen LogP contribution >= 0.6 is 0 Å². The molecule has 1 aliphatic carbocycles. The normalized spacial score (nSPS) is 15.4. The molecule has 1 fully saturated rings. The number of piperazine rings is 1. The average Bonchev–Trinajstić information content (AvgIpc) is 3.10. The highest BCUT2D eigenvalue weighted by atomic mass is 19.4. The van der Waals surface area contributed by atoms with Crippen LogP contribution in [0.3, 0.4) is 0 Å². The summed E-state index contributed by atoms with van der Waals surface area (Å²) in [6.07, 6.45) is -5.22. The van der Waals surface area contributed by atoms with Crippen LogP contribution in [0.2, 0.25) is 0 Å². The first-order valence-corrected chi connectivity index (χ1v) is 16.6. The summed E-state index contributed by atoms with van der Waals surface area (Å²) in [5.41, 5.74) is 3.82. The van der Waals surface area contributed by atoms with E-state index < -0.39 is 23.5 Å². The fourth-order valence-corrected chi connectivity index (χ4v) is 6.69. The Morgan fingerprint density at radius 2 is 1.48 bits per heavy atom. The van der Waals surface area contributed by atoms with Crippen molar-refractivity contribution in [1.29, 1.82) is 0 Å². The highest BCUT2D eigenvalue weighted by molar-refractivity contribution is 5.96. The molecule has 6 nitrogen and oxygen atoms in total. The molecule has 0 bridgehead atoms. The zero-order chi connectivity index (χ0) is 35.6. The lowest BCUT2D eigenvalue weighted by atomic mass is 9.81. The van der Waals surface area contributed by atoms with Crippen LogP contribution in [0.15, 0.2) is 73.1 Å². The molecule has 1 saturated heterocycles. The Morgan fingerprint density at radius 3 is 2.10 bits per heavy atom. The van der Waals surface area contributed by atoms with Crippen LogP contribution in [0.4, 0.5) is 38.0 Å². The Kier molecular flexibility index (Phi) is 10.1. The van der Waals surface area contributed by atoms with E-state index in [2.05, 4.69) is 40.1 Å². The molecule has 1 N–H and O–H groups in total. The van der Waals surface area contributed by atoms with E-state index in [1.807, 2.05) is 36.4 Å². The van der Waals surface area contributed by atoms with Crippen LogP contribution in [0.25, 0.3) is 11.1 Å². The maximum atomic E-state index is 13.9. The van der Waals surface area contributed by atoms with Gasteiger partial charge in [-0.1, -0.05) is 44.2 Å². The van der Waals surface area contributed by atoms with Crippen molar-refractivity contribution in [2.24, 2.45) is 0 Å². The van der Waals surface area contributed by atoms with Gasteiger partial charge in [0.15, 0.2) is 0 Å².